The third-order valence-electron chi connectivity index (χ3n) is 5.10. The number of hydrogen-bond donors (Lipinski definition) is 1. The topological polar surface area (TPSA) is 66.0 Å². The number of amides is 1. The number of hydrogen-bond acceptors (Lipinski definition) is 5. The van der Waals surface area contributed by atoms with Gasteiger partial charge in [0, 0.05) is 17.2 Å². The summed E-state index contributed by atoms with van der Waals surface area (Å²) >= 11 is 6.15. The van der Waals surface area contributed by atoms with E-state index in [9.17, 15) is 4.79 Å². The van der Waals surface area contributed by atoms with Crippen LogP contribution in [-0.2, 0) is 4.74 Å². The molecule has 1 saturated heterocycles. The van der Waals surface area contributed by atoms with E-state index < -0.39 is 0 Å². The van der Waals surface area contributed by atoms with Gasteiger partial charge in [-0.1, -0.05) is 35.9 Å². The molecule has 0 bridgehead atoms. The minimum Gasteiger partial charge on any atom is -0.490 e. The molecule has 0 aliphatic carbocycles. The molecule has 1 amide bonds. The summed E-state index contributed by atoms with van der Waals surface area (Å²) in [5.41, 5.74) is 0.967. The van der Waals surface area contributed by atoms with Crippen LogP contribution in [0, 0.1) is 0 Å². The standard InChI is InChI=1S/C26H26ClNO5/c27-20-11-12-25(33-18-23-10-5-13-30-23)24(17-20)28-26(29)19-6-4-9-22(16-19)32-15-14-31-21-7-2-1-3-8-21/h1-4,6-9,11-12,16-17,23H,5,10,13-15,18H2,(H,28,29)/t23-/m1/s1. The second kappa shape index (κ2) is 11.6. The minimum absolute atomic E-state index is 0.0731. The number of halogens is 1. The number of rotatable bonds is 10. The number of benzene rings is 3. The van der Waals surface area contributed by atoms with Crippen LogP contribution in [0.15, 0.2) is 72.8 Å². The van der Waals surface area contributed by atoms with Crippen molar-refractivity contribution in [2.24, 2.45) is 0 Å². The van der Waals surface area contributed by atoms with Crippen molar-refractivity contribution in [2.45, 2.75) is 18.9 Å². The Morgan fingerprint density at radius 3 is 2.52 bits per heavy atom. The summed E-state index contributed by atoms with van der Waals surface area (Å²) < 4.78 is 22.9. The van der Waals surface area contributed by atoms with Crippen LogP contribution in [0.3, 0.4) is 0 Å². The Labute approximate surface area is 198 Å². The lowest BCUT2D eigenvalue weighted by molar-refractivity contribution is 0.0682. The third-order valence-corrected chi connectivity index (χ3v) is 5.33. The molecule has 1 fully saturated rings. The van der Waals surface area contributed by atoms with Crippen molar-refractivity contribution < 1.29 is 23.7 Å². The van der Waals surface area contributed by atoms with Gasteiger partial charge in [0.25, 0.3) is 5.91 Å². The number of nitrogens with one attached hydrogen (secondary N) is 1. The Morgan fingerprint density at radius 1 is 0.939 bits per heavy atom. The Kier molecular flexibility index (Phi) is 8.06. The second-order valence-corrected chi connectivity index (χ2v) is 8.01. The van der Waals surface area contributed by atoms with Crippen molar-refractivity contribution in [3.8, 4) is 17.2 Å². The highest BCUT2D eigenvalue weighted by Crippen LogP contribution is 2.29. The average Bonchev–Trinajstić information content (AvgIpc) is 3.36. The number of carbonyl (C=O) groups excluding carboxylic acids is 1. The molecule has 0 radical (unpaired) electrons. The Bertz CT molecular complexity index is 1050. The molecule has 172 valence electrons. The van der Waals surface area contributed by atoms with E-state index >= 15 is 0 Å². The van der Waals surface area contributed by atoms with Crippen LogP contribution in [0.1, 0.15) is 23.2 Å². The largest absolute Gasteiger partial charge is 0.490 e. The molecule has 7 heteroatoms. The minimum atomic E-state index is -0.287. The molecule has 1 N–H and O–H groups in total. The molecule has 0 unspecified atom stereocenters. The third kappa shape index (κ3) is 6.88. The zero-order valence-corrected chi connectivity index (χ0v) is 18.9. The highest BCUT2D eigenvalue weighted by Gasteiger charge is 2.18. The zero-order valence-electron chi connectivity index (χ0n) is 18.2. The lowest BCUT2D eigenvalue weighted by Gasteiger charge is -2.16. The van der Waals surface area contributed by atoms with Crippen LogP contribution in [0.5, 0.6) is 17.2 Å². The van der Waals surface area contributed by atoms with Gasteiger partial charge in [0.1, 0.15) is 37.1 Å². The van der Waals surface area contributed by atoms with Gasteiger partial charge in [-0.05, 0) is 61.4 Å². The molecule has 3 aromatic carbocycles. The van der Waals surface area contributed by atoms with Gasteiger partial charge in [-0.15, -0.1) is 0 Å². The van der Waals surface area contributed by atoms with E-state index in [0.29, 0.717) is 47.6 Å². The van der Waals surface area contributed by atoms with Gasteiger partial charge in [0.05, 0.1) is 11.8 Å². The van der Waals surface area contributed by atoms with E-state index in [1.165, 1.54) is 0 Å². The number of carbonyl (C=O) groups is 1. The van der Waals surface area contributed by atoms with Gasteiger partial charge in [-0.3, -0.25) is 4.79 Å². The van der Waals surface area contributed by atoms with Gasteiger partial charge in [0.15, 0.2) is 0 Å². The van der Waals surface area contributed by atoms with Crippen molar-refractivity contribution in [3.63, 3.8) is 0 Å². The molecule has 0 aromatic heterocycles. The molecular weight excluding hydrogens is 442 g/mol. The maximum Gasteiger partial charge on any atom is 0.255 e. The van der Waals surface area contributed by atoms with E-state index in [4.69, 9.17) is 30.5 Å². The van der Waals surface area contributed by atoms with Crippen molar-refractivity contribution in [3.05, 3.63) is 83.4 Å². The molecule has 1 heterocycles. The molecule has 0 saturated carbocycles. The molecule has 6 nitrogen and oxygen atoms in total. The fourth-order valence-electron chi connectivity index (χ4n) is 3.44. The summed E-state index contributed by atoms with van der Waals surface area (Å²) in [6, 6.07) is 21.7. The molecule has 3 aromatic rings. The zero-order chi connectivity index (χ0) is 22.9. The summed E-state index contributed by atoms with van der Waals surface area (Å²) in [5, 5.41) is 3.39. The van der Waals surface area contributed by atoms with Crippen LogP contribution < -0.4 is 19.5 Å². The monoisotopic (exact) mass is 467 g/mol. The molecule has 4 rings (SSSR count). The first-order valence-electron chi connectivity index (χ1n) is 10.9. The van der Waals surface area contributed by atoms with Crippen LogP contribution in [-0.4, -0.2) is 38.4 Å². The number of anilines is 1. The van der Waals surface area contributed by atoms with Gasteiger partial charge >= 0.3 is 0 Å². The SMILES string of the molecule is O=C(Nc1cc(Cl)ccc1OC[C@H]1CCCO1)c1cccc(OCCOc2ccccc2)c1. The smallest absolute Gasteiger partial charge is 0.255 e. The summed E-state index contributed by atoms with van der Waals surface area (Å²) in [6.07, 6.45) is 2.08. The van der Waals surface area contributed by atoms with Gasteiger partial charge in [0.2, 0.25) is 0 Å². The van der Waals surface area contributed by atoms with Crippen molar-refractivity contribution >= 4 is 23.2 Å². The Hall–Kier alpha value is -3.22. The van der Waals surface area contributed by atoms with Gasteiger partial charge in [-0.25, -0.2) is 0 Å². The molecule has 1 atom stereocenters. The molecular formula is C26H26ClNO5. The number of ether oxygens (including phenoxy) is 4. The van der Waals surface area contributed by atoms with Crippen molar-refractivity contribution in [2.75, 3.05) is 31.7 Å². The number of para-hydroxylation sites is 1. The summed E-state index contributed by atoms with van der Waals surface area (Å²) in [6.45, 7) is 1.94. The van der Waals surface area contributed by atoms with Crippen LogP contribution >= 0.6 is 11.6 Å². The second-order valence-electron chi connectivity index (χ2n) is 7.58. The van der Waals surface area contributed by atoms with E-state index in [2.05, 4.69) is 5.32 Å². The maximum atomic E-state index is 12.9. The van der Waals surface area contributed by atoms with E-state index in [1.54, 1.807) is 42.5 Å². The highest BCUT2D eigenvalue weighted by atomic mass is 35.5. The molecule has 0 spiro atoms. The fourth-order valence-corrected chi connectivity index (χ4v) is 3.61. The highest BCUT2D eigenvalue weighted by molar-refractivity contribution is 6.31. The first-order chi connectivity index (χ1) is 16.2. The first kappa shape index (κ1) is 23.0. The van der Waals surface area contributed by atoms with Crippen molar-refractivity contribution in [1.82, 2.24) is 0 Å². The molecule has 33 heavy (non-hydrogen) atoms. The van der Waals surface area contributed by atoms with Crippen LogP contribution in [0.25, 0.3) is 0 Å². The van der Waals surface area contributed by atoms with Crippen LogP contribution in [0.4, 0.5) is 5.69 Å². The summed E-state index contributed by atoms with van der Waals surface area (Å²) in [4.78, 5) is 12.9. The lowest BCUT2D eigenvalue weighted by atomic mass is 10.2. The summed E-state index contributed by atoms with van der Waals surface area (Å²) in [5.74, 6) is 1.63. The maximum absolute atomic E-state index is 12.9. The predicted molar refractivity (Wildman–Crippen MR) is 128 cm³/mol. The first-order valence-corrected chi connectivity index (χ1v) is 11.3. The van der Waals surface area contributed by atoms with E-state index in [0.717, 1.165) is 25.2 Å². The Morgan fingerprint density at radius 2 is 1.73 bits per heavy atom. The van der Waals surface area contributed by atoms with E-state index in [1.807, 2.05) is 30.3 Å². The Balaban J connectivity index is 1.33. The van der Waals surface area contributed by atoms with E-state index in [-0.39, 0.29) is 12.0 Å². The van der Waals surface area contributed by atoms with Gasteiger partial charge < -0.3 is 24.3 Å². The predicted octanol–water partition coefficient (Wildman–Crippen LogP) is 5.61. The quantitative estimate of drug-likeness (QED) is 0.393. The van der Waals surface area contributed by atoms with Gasteiger partial charge in [-0.2, -0.15) is 0 Å². The fraction of sp³-hybridized carbons (Fsp3) is 0.269. The normalized spacial score (nSPS) is 15.1. The van der Waals surface area contributed by atoms with Crippen LogP contribution in [0.2, 0.25) is 5.02 Å². The summed E-state index contributed by atoms with van der Waals surface area (Å²) in [7, 11) is 0. The average molecular weight is 468 g/mol. The van der Waals surface area contributed by atoms with Crippen molar-refractivity contribution in [1.29, 1.82) is 0 Å². The molecule has 1 aliphatic heterocycles. The lowest BCUT2D eigenvalue weighted by Crippen LogP contribution is -2.18. The molecule has 1 aliphatic rings.